The molecule has 1 aromatic carbocycles. The zero-order valence-corrected chi connectivity index (χ0v) is 11.5. The molecule has 1 rings (SSSR count). The van der Waals surface area contributed by atoms with Gasteiger partial charge in [0.15, 0.2) is 0 Å². The standard InChI is InChI=1S/C16H22O/c1-6-7-8-13(4)14-9-10-16(17-5)15(11-14)12(2)3/h9-13H,8H2,1-5H3. The summed E-state index contributed by atoms with van der Waals surface area (Å²) in [5, 5.41) is 0. The maximum Gasteiger partial charge on any atom is 0.122 e. The number of hydrogen-bond acceptors (Lipinski definition) is 1. The molecule has 0 aromatic heterocycles. The molecule has 0 radical (unpaired) electrons. The van der Waals surface area contributed by atoms with Crippen LogP contribution >= 0.6 is 0 Å². The summed E-state index contributed by atoms with van der Waals surface area (Å²) in [5.41, 5.74) is 2.62. The van der Waals surface area contributed by atoms with E-state index in [-0.39, 0.29) is 0 Å². The Kier molecular flexibility index (Phi) is 5.10. The highest BCUT2D eigenvalue weighted by Crippen LogP contribution is 2.30. The quantitative estimate of drug-likeness (QED) is 0.699. The molecule has 17 heavy (non-hydrogen) atoms. The second kappa shape index (κ2) is 6.35. The van der Waals surface area contributed by atoms with E-state index in [2.05, 4.69) is 50.8 Å². The van der Waals surface area contributed by atoms with E-state index in [9.17, 15) is 0 Å². The molecule has 0 aliphatic rings. The van der Waals surface area contributed by atoms with E-state index in [0.717, 1.165) is 12.2 Å². The summed E-state index contributed by atoms with van der Waals surface area (Å²) in [6.45, 7) is 8.49. The van der Waals surface area contributed by atoms with Crippen molar-refractivity contribution in [1.82, 2.24) is 0 Å². The monoisotopic (exact) mass is 230 g/mol. The molecule has 0 fully saturated rings. The fraction of sp³-hybridized carbons (Fsp3) is 0.500. The van der Waals surface area contributed by atoms with Gasteiger partial charge in [0, 0.05) is 6.42 Å². The predicted octanol–water partition coefficient (Wildman–Crippen LogP) is 4.34. The van der Waals surface area contributed by atoms with Crippen LogP contribution in [0.5, 0.6) is 5.75 Å². The molecule has 0 saturated heterocycles. The first-order chi connectivity index (χ1) is 8.10. The number of ether oxygens (including phenoxy) is 1. The topological polar surface area (TPSA) is 9.23 Å². The lowest BCUT2D eigenvalue weighted by atomic mass is 9.92. The van der Waals surface area contributed by atoms with Gasteiger partial charge in [-0.15, -0.1) is 11.8 Å². The van der Waals surface area contributed by atoms with Gasteiger partial charge in [-0.1, -0.05) is 32.9 Å². The molecular weight excluding hydrogens is 208 g/mol. The SMILES string of the molecule is CC#CCC(C)c1ccc(OC)c(C(C)C)c1. The molecule has 0 N–H and O–H groups in total. The molecule has 1 atom stereocenters. The van der Waals surface area contributed by atoms with E-state index in [4.69, 9.17) is 4.74 Å². The summed E-state index contributed by atoms with van der Waals surface area (Å²) in [5.74, 6) is 8.04. The van der Waals surface area contributed by atoms with Gasteiger partial charge < -0.3 is 4.74 Å². The van der Waals surface area contributed by atoms with Crippen LogP contribution < -0.4 is 4.74 Å². The molecule has 0 aliphatic carbocycles. The third kappa shape index (κ3) is 3.53. The van der Waals surface area contributed by atoms with Crippen LogP contribution in [-0.2, 0) is 0 Å². The Morgan fingerprint density at radius 1 is 1.24 bits per heavy atom. The van der Waals surface area contributed by atoms with E-state index >= 15 is 0 Å². The Labute approximate surface area is 105 Å². The first kappa shape index (κ1) is 13.6. The predicted molar refractivity (Wildman–Crippen MR) is 73.6 cm³/mol. The summed E-state index contributed by atoms with van der Waals surface area (Å²) in [6, 6.07) is 6.47. The van der Waals surface area contributed by atoms with Crippen molar-refractivity contribution in [3.8, 4) is 17.6 Å². The minimum absolute atomic E-state index is 0.478. The van der Waals surface area contributed by atoms with Gasteiger partial charge in [-0.3, -0.25) is 0 Å². The Balaban J connectivity index is 3.01. The second-order valence-corrected chi connectivity index (χ2v) is 4.69. The number of benzene rings is 1. The van der Waals surface area contributed by atoms with Gasteiger partial charge >= 0.3 is 0 Å². The zero-order chi connectivity index (χ0) is 12.8. The van der Waals surface area contributed by atoms with Crippen molar-refractivity contribution in [2.24, 2.45) is 0 Å². The minimum atomic E-state index is 0.478. The maximum atomic E-state index is 5.39. The van der Waals surface area contributed by atoms with Gasteiger partial charge in [-0.25, -0.2) is 0 Å². The van der Waals surface area contributed by atoms with Crippen LogP contribution in [0, 0.1) is 11.8 Å². The molecular formula is C16H22O. The zero-order valence-electron chi connectivity index (χ0n) is 11.5. The summed E-state index contributed by atoms with van der Waals surface area (Å²) in [6.07, 6.45) is 0.917. The molecule has 0 heterocycles. The minimum Gasteiger partial charge on any atom is -0.496 e. The first-order valence-corrected chi connectivity index (χ1v) is 6.17. The highest BCUT2D eigenvalue weighted by Gasteiger charge is 2.11. The van der Waals surface area contributed by atoms with Crippen LogP contribution in [0.15, 0.2) is 18.2 Å². The lowest BCUT2D eigenvalue weighted by Crippen LogP contribution is -1.99. The highest BCUT2D eigenvalue weighted by atomic mass is 16.5. The van der Waals surface area contributed by atoms with Crippen LogP contribution in [0.1, 0.15) is 57.1 Å². The average molecular weight is 230 g/mol. The molecule has 1 unspecified atom stereocenters. The van der Waals surface area contributed by atoms with E-state index in [1.165, 1.54) is 11.1 Å². The molecule has 0 saturated carbocycles. The van der Waals surface area contributed by atoms with Crippen molar-refractivity contribution in [3.05, 3.63) is 29.3 Å². The maximum absolute atomic E-state index is 5.39. The van der Waals surface area contributed by atoms with Crippen molar-refractivity contribution >= 4 is 0 Å². The van der Waals surface area contributed by atoms with Crippen LogP contribution in [0.2, 0.25) is 0 Å². The molecule has 0 spiro atoms. The van der Waals surface area contributed by atoms with Crippen molar-refractivity contribution in [2.45, 2.75) is 46.0 Å². The lowest BCUT2D eigenvalue weighted by molar-refractivity contribution is 0.407. The largest absolute Gasteiger partial charge is 0.496 e. The fourth-order valence-corrected chi connectivity index (χ4v) is 1.88. The third-order valence-electron chi connectivity index (χ3n) is 3.03. The van der Waals surface area contributed by atoms with Gasteiger partial charge in [0.2, 0.25) is 0 Å². The van der Waals surface area contributed by atoms with Crippen molar-refractivity contribution in [3.63, 3.8) is 0 Å². The van der Waals surface area contributed by atoms with Gasteiger partial charge in [0.1, 0.15) is 5.75 Å². The highest BCUT2D eigenvalue weighted by molar-refractivity contribution is 5.40. The van der Waals surface area contributed by atoms with Crippen molar-refractivity contribution < 1.29 is 4.74 Å². The Bertz CT molecular complexity index is 421. The molecule has 1 aromatic rings. The van der Waals surface area contributed by atoms with E-state index in [0.29, 0.717) is 11.8 Å². The van der Waals surface area contributed by atoms with Crippen LogP contribution in [0.25, 0.3) is 0 Å². The molecule has 1 heteroatoms. The molecule has 0 aliphatic heterocycles. The Morgan fingerprint density at radius 3 is 2.47 bits per heavy atom. The molecule has 92 valence electrons. The van der Waals surface area contributed by atoms with Crippen LogP contribution in [-0.4, -0.2) is 7.11 Å². The fourth-order valence-electron chi connectivity index (χ4n) is 1.88. The summed E-state index contributed by atoms with van der Waals surface area (Å²) in [4.78, 5) is 0. The summed E-state index contributed by atoms with van der Waals surface area (Å²) < 4.78 is 5.39. The van der Waals surface area contributed by atoms with Crippen LogP contribution in [0.4, 0.5) is 0 Å². The van der Waals surface area contributed by atoms with Crippen molar-refractivity contribution in [1.29, 1.82) is 0 Å². The molecule has 0 bridgehead atoms. The van der Waals surface area contributed by atoms with Gasteiger partial charge in [0.25, 0.3) is 0 Å². The second-order valence-electron chi connectivity index (χ2n) is 4.69. The Morgan fingerprint density at radius 2 is 1.94 bits per heavy atom. The smallest absolute Gasteiger partial charge is 0.122 e. The average Bonchev–Trinajstić information content (AvgIpc) is 2.34. The summed E-state index contributed by atoms with van der Waals surface area (Å²) >= 11 is 0. The summed E-state index contributed by atoms with van der Waals surface area (Å²) in [7, 11) is 1.73. The Hall–Kier alpha value is -1.42. The molecule has 1 nitrogen and oxygen atoms in total. The number of hydrogen-bond donors (Lipinski definition) is 0. The lowest BCUT2D eigenvalue weighted by Gasteiger charge is -2.16. The number of methoxy groups -OCH3 is 1. The van der Waals surface area contributed by atoms with Gasteiger partial charge in [-0.2, -0.15) is 0 Å². The number of rotatable bonds is 4. The van der Waals surface area contributed by atoms with Gasteiger partial charge in [0.05, 0.1) is 7.11 Å². The molecule has 0 amide bonds. The van der Waals surface area contributed by atoms with E-state index in [1.54, 1.807) is 7.11 Å². The normalized spacial score (nSPS) is 11.9. The van der Waals surface area contributed by atoms with E-state index in [1.807, 2.05) is 6.92 Å². The van der Waals surface area contributed by atoms with E-state index < -0.39 is 0 Å². The first-order valence-electron chi connectivity index (χ1n) is 6.17. The van der Waals surface area contributed by atoms with Crippen molar-refractivity contribution in [2.75, 3.05) is 7.11 Å². The van der Waals surface area contributed by atoms with Gasteiger partial charge in [-0.05, 0) is 36.0 Å². The third-order valence-corrected chi connectivity index (χ3v) is 3.03. The van der Waals surface area contributed by atoms with Crippen LogP contribution in [0.3, 0.4) is 0 Å².